The summed E-state index contributed by atoms with van der Waals surface area (Å²) in [5, 5.41) is 23.2. The van der Waals surface area contributed by atoms with Crippen LogP contribution in [-0.4, -0.2) is 70.1 Å². The summed E-state index contributed by atoms with van der Waals surface area (Å²) in [6.07, 6.45) is 2.41. The predicted octanol–water partition coefficient (Wildman–Crippen LogP) is 5.84. The van der Waals surface area contributed by atoms with Crippen LogP contribution < -0.4 is 15.3 Å². The standard InChI is InChI=1S/C38H46N6O5.Cu/c1-9-23-19(3)27-16-29-21(5)25(11-12-34(46)47)36(42-29)26(15-33(45)39-13-14-44(7)8)37-35(38(48)49)22(6)30(43-37)18-32-24(10-2)20(4)28(41-32)17-31(23)40-27;/h9,16-18,21,25H,1,10-15H2,2-8H3,(H5,39,40,41,42,43,45,46,47,48,49);/q;+2/p-2. The topological polar surface area (TPSA) is 161 Å². The quantitative estimate of drug-likeness (QED) is 0.205. The van der Waals surface area contributed by atoms with Gasteiger partial charge in [0, 0.05) is 48.3 Å². The number of rotatable bonds is 11. The number of nitrogens with zero attached hydrogens (tertiary/aromatic N) is 5. The Hall–Kier alpha value is -4.51. The summed E-state index contributed by atoms with van der Waals surface area (Å²) in [6, 6.07) is 5.66. The maximum Gasteiger partial charge on any atom is 2.00 e. The van der Waals surface area contributed by atoms with E-state index in [0.29, 0.717) is 58.8 Å². The van der Waals surface area contributed by atoms with Gasteiger partial charge in [-0.15, -0.1) is 22.1 Å². The van der Waals surface area contributed by atoms with Crippen molar-refractivity contribution in [2.24, 2.45) is 0 Å². The molecule has 12 heteroatoms. The Labute approximate surface area is 302 Å². The number of hydrogen-bond acceptors (Lipinski definition) is 6. The van der Waals surface area contributed by atoms with Crippen LogP contribution in [0.2, 0.25) is 0 Å². The monoisotopic (exact) mass is 727 g/mol. The van der Waals surface area contributed by atoms with E-state index in [0.717, 1.165) is 33.5 Å². The van der Waals surface area contributed by atoms with Crippen LogP contribution >= 0.6 is 0 Å². The Kier molecular flexibility index (Phi) is 11.9. The summed E-state index contributed by atoms with van der Waals surface area (Å²) in [4.78, 5) is 60.2. The first-order valence-corrected chi connectivity index (χ1v) is 16.6. The van der Waals surface area contributed by atoms with Crippen LogP contribution in [0.15, 0.2) is 24.8 Å². The summed E-state index contributed by atoms with van der Waals surface area (Å²) >= 11 is 0. The summed E-state index contributed by atoms with van der Waals surface area (Å²) in [6.45, 7) is 14.8. The van der Waals surface area contributed by atoms with E-state index in [4.69, 9.17) is 19.9 Å². The molecule has 11 nitrogen and oxygen atoms in total. The van der Waals surface area contributed by atoms with Gasteiger partial charge in [0.2, 0.25) is 5.91 Å². The molecule has 0 spiro atoms. The van der Waals surface area contributed by atoms with Crippen LogP contribution in [0.1, 0.15) is 107 Å². The number of aliphatic carboxylic acids is 1. The third kappa shape index (κ3) is 7.47. The largest absolute Gasteiger partial charge is 2.00 e. The molecule has 0 fully saturated rings. The number of carboxylic acid groups (broad SMARTS) is 2. The summed E-state index contributed by atoms with van der Waals surface area (Å²) < 4.78 is 0. The first-order chi connectivity index (χ1) is 23.2. The molecular formula is C38H44CuN6O5. The number of carbonyl (C=O) groups is 3. The first kappa shape index (κ1) is 38.3. The molecule has 0 aliphatic carbocycles. The van der Waals surface area contributed by atoms with E-state index in [2.05, 4.69) is 11.9 Å². The molecule has 3 aromatic heterocycles. The van der Waals surface area contributed by atoms with Crippen molar-refractivity contribution >= 4 is 57.1 Å². The van der Waals surface area contributed by atoms with Crippen molar-refractivity contribution in [3.63, 3.8) is 0 Å². The number of carbonyl (C=O) groups excluding carboxylic acids is 1. The second-order valence-electron chi connectivity index (χ2n) is 13.1. The third-order valence-electron chi connectivity index (χ3n) is 9.68. The molecule has 5 rings (SSSR count). The summed E-state index contributed by atoms with van der Waals surface area (Å²) in [7, 11) is 3.81. The Morgan fingerprint density at radius 3 is 2.30 bits per heavy atom. The van der Waals surface area contributed by atoms with E-state index < -0.39 is 17.9 Å². The van der Waals surface area contributed by atoms with E-state index >= 15 is 0 Å². The molecule has 0 aromatic carbocycles. The average molecular weight is 728 g/mol. The number of fused-ring (bicyclic) bond motifs is 8. The molecule has 0 saturated heterocycles. The van der Waals surface area contributed by atoms with Gasteiger partial charge in [-0.1, -0.05) is 55.8 Å². The smallest absolute Gasteiger partial charge is 0.657 e. The van der Waals surface area contributed by atoms with E-state index in [1.165, 1.54) is 0 Å². The van der Waals surface area contributed by atoms with Crippen LogP contribution in [0.4, 0.5) is 0 Å². The van der Waals surface area contributed by atoms with Gasteiger partial charge in [-0.05, 0) is 70.0 Å². The third-order valence-corrected chi connectivity index (χ3v) is 9.68. The van der Waals surface area contributed by atoms with E-state index in [1.54, 1.807) is 13.0 Å². The number of aromatic carboxylic acids is 1. The fourth-order valence-corrected chi connectivity index (χ4v) is 6.86. The average Bonchev–Trinajstić information content (AvgIpc) is 3.71. The molecule has 2 aliphatic rings. The molecule has 2 aliphatic heterocycles. The maximum atomic E-state index is 13.5. The van der Waals surface area contributed by atoms with Crippen LogP contribution in [0.3, 0.4) is 0 Å². The van der Waals surface area contributed by atoms with Crippen molar-refractivity contribution in [2.45, 2.75) is 72.1 Å². The molecule has 8 bridgehead atoms. The van der Waals surface area contributed by atoms with Gasteiger partial charge in [-0.2, -0.15) is 0 Å². The Bertz CT molecular complexity index is 2060. The van der Waals surface area contributed by atoms with Gasteiger partial charge in [0.05, 0.1) is 17.8 Å². The number of nitrogens with one attached hydrogen (secondary N) is 1. The van der Waals surface area contributed by atoms with Crippen molar-refractivity contribution in [1.82, 2.24) is 30.2 Å². The molecule has 1 amide bonds. The molecule has 2 atom stereocenters. The molecule has 3 N–H and O–H groups in total. The van der Waals surface area contributed by atoms with Gasteiger partial charge >= 0.3 is 29.0 Å². The van der Waals surface area contributed by atoms with Gasteiger partial charge < -0.3 is 30.4 Å². The zero-order chi connectivity index (χ0) is 35.7. The Morgan fingerprint density at radius 2 is 1.68 bits per heavy atom. The number of aryl methyl sites for hydroxylation is 2. The summed E-state index contributed by atoms with van der Waals surface area (Å²) in [5.74, 6) is -3.11. The molecule has 2 unspecified atom stereocenters. The second-order valence-corrected chi connectivity index (χ2v) is 13.1. The minimum atomic E-state index is -1.18. The van der Waals surface area contributed by atoms with E-state index in [1.807, 2.05) is 64.9 Å². The minimum absolute atomic E-state index is 0. The van der Waals surface area contributed by atoms with Crippen molar-refractivity contribution in [3.05, 3.63) is 75.4 Å². The number of likely N-dealkylation sites (N-methyl/N-ethyl adjacent to an activating group) is 1. The zero-order valence-corrected chi connectivity index (χ0v) is 30.5. The van der Waals surface area contributed by atoms with Gasteiger partial charge in [0.25, 0.3) is 0 Å². The van der Waals surface area contributed by atoms with Crippen molar-refractivity contribution in [3.8, 4) is 0 Å². The maximum absolute atomic E-state index is 13.5. The second kappa shape index (κ2) is 15.6. The molecule has 50 heavy (non-hydrogen) atoms. The van der Waals surface area contributed by atoms with Gasteiger partial charge in [0.15, 0.2) is 0 Å². The van der Waals surface area contributed by atoms with Crippen molar-refractivity contribution in [1.29, 1.82) is 0 Å². The van der Waals surface area contributed by atoms with Gasteiger partial charge in [0.1, 0.15) is 0 Å². The van der Waals surface area contributed by atoms with Gasteiger partial charge in [-0.25, -0.2) is 9.78 Å². The number of aromatic nitrogens is 4. The molecule has 3 aromatic rings. The zero-order valence-electron chi connectivity index (χ0n) is 29.6. The predicted molar refractivity (Wildman–Crippen MR) is 192 cm³/mol. The van der Waals surface area contributed by atoms with E-state index in [9.17, 15) is 24.6 Å². The summed E-state index contributed by atoms with van der Waals surface area (Å²) in [5.41, 5.74) is 9.19. The van der Waals surface area contributed by atoms with E-state index in [-0.39, 0.29) is 59.2 Å². The molecule has 0 saturated carbocycles. The normalized spacial score (nSPS) is 15.6. The number of allylic oxidation sites excluding steroid dienone is 2. The first-order valence-electron chi connectivity index (χ1n) is 16.6. The SMILES string of the molecule is C=Cc1c(C)c2cc3nc(c(CC(=O)NCCN(C)C)c4[n-]c(cc5nc(cc1[n-]2)C(C)=C5CC)c(C)c4C(=O)O)C(CCC(=O)O)C3C.[Cu+2]. The molecular weight excluding hydrogens is 684 g/mol. The number of hydrogen-bond donors (Lipinski definition) is 3. The van der Waals surface area contributed by atoms with Crippen LogP contribution in [-0.2, 0) is 33.1 Å². The molecule has 1 radical (unpaired) electrons. The number of carboxylic acids is 2. The molecule has 267 valence electrons. The van der Waals surface area contributed by atoms with Crippen LogP contribution in [0.25, 0.3) is 39.3 Å². The van der Waals surface area contributed by atoms with Crippen molar-refractivity contribution < 1.29 is 41.7 Å². The van der Waals surface area contributed by atoms with Crippen LogP contribution in [0, 0.1) is 13.8 Å². The molecule has 5 heterocycles. The fourth-order valence-electron chi connectivity index (χ4n) is 6.86. The van der Waals surface area contributed by atoms with Crippen LogP contribution in [0.5, 0.6) is 0 Å². The minimum Gasteiger partial charge on any atom is -0.657 e. The Balaban J connectivity index is 0.00000562. The number of amides is 1. The van der Waals surface area contributed by atoms with Gasteiger partial charge in [-0.3, -0.25) is 14.6 Å². The van der Waals surface area contributed by atoms with Crippen molar-refractivity contribution in [2.75, 3.05) is 27.2 Å². The fraction of sp³-hybridized carbons (Fsp3) is 0.395. The Morgan fingerprint density at radius 1 is 1.00 bits per heavy atom.